The summed E-state index contributed by atoms with van der Waals surface area (Å²) in [4.78, 5) is 39.7. The van der Waals surface area contributed by atoms with E-state index in [9.17, 15) is 14.4 Å². The van der Waals surface area contributed by atoms with Crippen molar-refractivity contribution in [2.24, 2.45) is 11.3 Å². The van der Waals surface area contributed by atoms with Gasteiger partial charge in [-0.15, -0.1) is 0 Å². The fourth-order valence-corrected chi connectivity index (χ4v) is 4.24. The molecular weight excluding hydrogens is 432 g/mol. The van der Waals surface area contributed by atoms with Crippen molar-refractivity contribution in [3.8, 4) is 0 Å². The van der Waals surface area contributed by atoms with Gasteiger partial charge in [-0.3, -0.25) is 14.4 Å². The number of carboxylic acid groups (broad SMARTS) is 1. The molecule has 1 aromatic rings. The Bertz CT molecular complexity index is 818. The predicted octanol–water partition coefficient (Wildman–Crippen LogP) is 2.24. The Hall–Kier alpha value is -2.45. The van der Waals surface area contributed by atoms with Crippen LogP contribution in [0.4, 0.5) is 0 Å². The number of rotatable bonds is 12. The first-order valence-corrected chi connectivity index (χ1v) is 11.9. The third-order valence-corrected chi connectivity index (χ3v) is 6.43. The van der Waals surface area contributed by atoms with Crippen molar-refractivity contribution >= 4 is 17.8 Å². The first-order chi connectivity index (χ1) is 15.6. The van der Waals surface area contributed by atoms with E-state index in [1.54, 1.807) is 19.0 Å². The van der Waals surface area contributed by atoms with E-state index in [1.807, 2.05) is 78.8 Å². The van der Waals surface area contributed by atoms with E-state index in [4.69, 9.17) is 5.11 Å². The van der Waals surface area contributed by atoms with Crippen molar-refractivity contribution in [2.75, 3.05) is 27.2 Å². The summed E-state index contributed by atoms with van der Waals surface area (Å²) in [5.74, 6) is -1.31. The van der Waals surface area contributed by atoms with Gasteiger partial charge in [0.1, 0.15) is 6.04 Å². The van der Waals surface area contributed by atoms with Gasteiger partial charge in [0.15, 0.2) is 0 Å². The van der Waals surface area contributed by atoms with Crippen LogP contribution in [0.15, 0.2) is 30.3 Å². The molecule has 0 saturated carbocycles. The van der Waals surface area contributed by atoms with Crippen LogP contribution in [0.1, 0.15) is 54.0 Å². The van der Waals surface area contributed by atoms with Crippen LogP contribution in [0.5, 0.6) is 0 Å². The van der Waals surface area contributed by atoms with Crippen molar-refractivity contribution in [3.63, 3.8) is 0 Å². The van der Waals surface area contributed by atoms with Gasteiger partial charge < -0.3 is 26.0 Å². The van der Waals surface area contributed by atoms with Crippen molar-refractivity contribution in [1.29, 1.82) is 0 Å². The molecule has 8 heteroatoms. The molecule has 0 fully saturated rings. The first kappa shape index (κ1) is 29.6. The summed E-state index contributed by atoms with van der Waals surface area (Å²) >= 11 is 0. The minimum absolute atomic E-state index is 0.0913. The molecule has 0 saturated heterocycles. The fourth-order valence-electron chi connectivity index (χ4n) is 4.24. The maximum Gasteiger partial charge on any atom is 0.317 e. The predicted molar refractivity (Wildman–Crippen MR) is 136 cm³/mol. The van der Waals surface area contributed by atoms with E-state index in [2.05, 4.69) is 16.0 Å². The molecule has 1 rings (SSSR count). The van der Waals surface area contributed by atoms with Crippen molar-refractivity contribution in [3.05, 3.63) is 35.9 Å². The van der Waals surface area contributed by atoms with Gasteiger partial charge in [-0.05, 0) is 23.9 Å². The molecule has 0 aromatic heterocycles. The number of nitrogens with one attached hydrogen (secondary N) is 3. The molecule has 0 aliphatic rings. The molecule has 4 N–H and O–H groups in total. The molecule has 0 aliphatic carbocycles. The lowest BCUT2D eigenvalue weighted by atomic mass is 9.76. The number of nitrogens with zero attached hydrogens (tertiary/aromatic N) is 1. The number of benzene rings is 1. The standard InChI is InChI=1S/C26H44N4O4/c1-17(2)19(15-28-16-20(31)32)30(9)24(34)22(25(3,4)5)29-23(33)21(27-8)26(6,7)18-13-11-10-12-14-18/h10-14,17,19,21-22,27-28H,15-16H2,1-9H3,(H,29,33)(H,31,32)/t19-,21?,22-/m1/s1. The molecule has 0 spiro atoms. The molecular formula is C26H44N4O4. The average molecular weight is 477 g/mol. The van der Waals surface area contributed by atoms with Gasteiger partial charge in [0, 0.05) is 25.0 Å². The molecule has 3 atom stereocenters. The number of carbonyl (C=O) groups excluding carboxylic acids is 2. The van der Waals surface area contributed by atoms with Crippen LogP contribution in [-0.2, 0) is 19.8 Å². The number of carboxylic acids is 1. The van der Waals surface area contributed by atoms with E-state index >= 15 is 0 Å². The van der Waals surface area contributed by atoms with Gasteiger partial charge in [0.05, 0.1) is 12.6 Å². The SMILES string of the molecule is CNC(C(=O)N[C@H](C(=O)N(C)[C@H](CNCC(=O)O)C(C)C)C(C)(C)C)C(C)(C)c1ccccc1. The molecule has 1 unspecified atom stereocenters. The van der Waals surface area contributed by atoms with Gasteiger partial charge in [-0.1, -0.05) is 78.8 Å². The van der Waals surface area contributed by atoms with E-state index in [0.29, 0.717) is 6.54 Å². The molecule has 2 amide bonds. The Labute approximate surface area is 204 Å². The van der Waals surface area contributed by atoms with Crippen LogP contribution in [0, 0.1) is 11.3 Å². The highest BCUT2D eigenvalue weighted by atomic mass is 16.4. The molecule has 0 bridgehead atoms. The summed E-state index contributed by atoms with van der Waals surface area (Å²) < 4.78 is 0. The summed E-state index contributed by atoms with van der Waals surface area (Å²) in [6.07, 6.45) is 0. The largest absolute Gasteiger partial charge is 0.480 e. The van der Waals surface area contributed by atoms with Gasteiger partial charge in [0.25, 0.3) is 0 Å². The molecule has 34 heavy (non-hydrogen) atoms. The van der Waals surface area contributed by atoms with E-state index in [1.165, 1.54) is 0 Å². The van der Waals surface area contributed by atoms with Gasteiger partial charge in [-0.2, -0.15) is 0 Å². The Morgan fingerprint density at radius 1 is 1.00 bits per heavy atom. The zero-order valence-electron chi connectivity index (χ0n) is 22.2. The van der Waals surface area contributed by atoms with Crippen LogP contribution in [0.25, 0.3) is 0 Å². The first-order valence-electron chi connectivity index (χ1n) is 11.9. The highest BCUT2D eigenvalue weighted by Crippen LogP contribution is 2.28. The zero-order valence-corrected chi connectivity index (χ0v) is 22.2. The van der Waals surface area contributed by atoms with Crippen LogP contribution < -0.4 is 16.0 Å². The summed E-state index contributed by atoms with van der Waals surface area (Å²) in [6, 6.07) is 8.28. The van der Waals surface area contributed by atoms with Crippen molar-refractivity contribution in [1.82, 2.24) is 20.9 Å². The van der Waals surface area contributed by atoms with Crippen LogP contribution >= 0.6 is 0 Å². The van der Waals surface area contributed by atoms with Gasteiger partial charge in [-0.25, -0.2) is 0 Å². The Kier molecular flexibility index (Phi) is 10.7. The monoisotopic (exact) mass is 476 g/mol. The quantitative estimate of drug-likeness (QED) is 0.368. The van der Waals surface area contributed by atoms with E-state index in [0.717, 1.165) is 5.56 Å². The third kappa shape index (κ3) is 7.81. The maximum absolute atomic E-state index is 13.6. The second-order valence-corrected chi connectivity index (χ2v) is 10.9. The van der Waals surface area contributed by atoms with Gasteiger partial charge in [0.2, 0.25) is 11.8 Å². The highest BCUT2D eigenvalue weighted by Gasteiger charge is 2.41. The molecule has 0 heterocycles. The van der Waals surface area contributed by atoms with Crippen LogP contribution in [0.2, 0.25) is 0 Å². The number of carbonyl (C=O) groups is 3. The number of likely N-dealkylation sites (N-methyl/N-ethyl adjacent to an activating group) is 2. The van der Waals surface area contributed by atoms with E-state index < -0.39 is 28.9 Å². The molecule has 192 valence electrons. The Morgan fingerprint density at radius 3 is 2.00 bits per heavy atom. The van der Waals surface area contributed by atoms with E-state index in [-0.39, 0.29) is 30.3 Å². The number of amides is 2. The topological polar surface area (TPSA) is 111 Å². The van der Waals surface area contributed by atoms with Gasteiger partial charge >= 0.3 is 5.97 Å². The lowest BCUT2D eigenvalue weighted by Crippen LogP contribution is -2.62. The number of hydrogen-bond donors (Lipinski definition) is 4. The Balaban J connectivity index is 3.15. The minimum Gasteiger partial charge on any atom is -0.480 e. The lowest BCUT2D eigenvalue weighted by molar-refractivity contribution is -0.141. The summed E-state index contributed by atoms with van der Waals surface area (Å²) in [6.45, 7) is 13.9. The summed E-state index contributed by atoms with van der Waals surface area (Å²) in [7, 11) is 3.46. The van der Waals surface area contributed by atoms with Crippen molar-refractivity contribution < 1.29 is 19.5 Å². The molecule has 0 aliphatic heterocycles. The Morgan fingerprint density at radius 2 is 1.56 bits per heavy atom. The normalized spacial score (nSPS) is 14.9. The second kappa shape index (κ2) is 12.3. The lowest BCUT2D eigenvalue weighted by Gasteiger charge is -2.40. The van der Waals surface area contributed by atoms with Crippen LogP contribution in [-0.4, -0.2) is 73.1 Å². The summed E-state index contributed by atoms with van der Waals surface area (Å²) in [5.41, 5.74) is -0.0325. The molecule has 1 aromatic carbocycles. The molecule has 8 nitrogen and oxygen atoms in total. The highest BCUT2D eigenvalue weighted by molar-refractivity contribution is 5.91. The number of hydrogen-bond acceptors (Lipinski definition) is 5. The third-order valence-electron chi connectivity index (χ3n) is 6.43. The summed E-state index contributed by atoms with van der Waals surface area (Å²) in [5, 5.41) is 18.0. The smallest absolute Gasteiger partial charge is 0.317 e. The average Bonchev–Trinajstić information content (AvgIpc) is 2.73. The fraction of sp³-hybridized carbons (Fsp3) is 0.654. The zero-order chi connectivity index (χ0) is 26.3. The molecule has 0 radical (unpaired) electrons. The maximum atomic E-state index is 13.6. The van der Waals surface area contributed by atoms with Crippen molar-refractivity contribution in [2.45, 2.75) is 72.0 Å². The minimum atomic E-state index is -0.949. The number of aliphatic carboxylic acids is 1. The second-order valence-electron chi connectivity index (χ2n) is 10.9. The van der Waals surface area contributed by atoms with Crippen LogP contribution in [0.3, 0.4) is 0 Å².